The molecule has 0 aromatic carbocycles. The summed E-state index contributed by atoms with van der Waals surface area (Å²) in [4.78, 5) is 22.7. The lowest BCUT2D eigenvalue weighted by atomic mass is 9.97. The Morgan fingerprint density at radius 1 is 1.56 bits per heavy atom. The van der Waals surface area contributed by atoms with E-state index in [4.69, 9.17) is 4.74 Å². The monoisotopic (exact) mass is 340 g/mol. The van der Waals surface area contributed by atoms with Gasteiger partial charge in [0, 0.05) is 4.43 Å². The zero-order chi connectivity index (χ0) is 12.3. The quantitative estimate of drug-likeness (QED) is 0.461. The van der Waals surface area contributed by atoms with Gasteiger partial charge in [0.25, 0.3) is 0 Å². The third-order valence-corrected chi connectivity index (χ3v) is 2.73. The van der Waals surface area contributed by atoms with Crippen LogP contribution in [0.15, 0.2) is 0 Å². The molecular weight excluding hydrogens is 323 g/mol. The summed E-state index contributed by atoms with van der Waals surface area (Å²) in [5.41, 5.74) is -0.539. The average molecular weight is 340 g/mol. The molecule has 5 nitrogen and oxygen atoms in total. The number of alkyl halides is 1. The van der Waals surface area contributed by atoms with Crippen LogP contribution in [0.1, 0.15) is 27.2 Å². The van der Waals surface area contributed by atoms with Crippen LogP contribution in [0.5, 0.6) is 0 Å². The van der Waals surface area contributed by atoms with Crippen LogP contribution in [0.2, 0.25) is 0 Å². The number of amides is 2. The van der Waals surface area contributed by atoms with Crippen molar-refractivity contribution < 1.29 is 14.3 Å². The first kappa shape index (κ1) is 13.5. The van der Waals surface area contributed by atoms with E-state index in [2.05, 4.69) is 33.2 Å². The van der Waals surface area contributed by atoms with Crippen molar-refractivity contribution in [3.05, 3.63) is 0 Å². The number of hydrogen-bond donors (Lipinski definition) is 2. The normalized spacial score (nSPS) is 24.4. The maximum atomic E-state index is 11.4. The van der Waals surface area contributed by atoms with Gasteiger partial charge in [-0.05, 0) is 27.2 Å². The van der Waals surface area contributed by atoms with Crippen LogP contribution in [0.4, 0.5) is 4.79 Å². The van der Waals surface area contributed by atoms with Crippen LogP contribution < -0.4 is 10.6 Å². The van der Waals surface area contributed by atoms with Gasteiger partial charge >= 0.3 is 6.09 Å². The minimum absolute atomic E-state index is 0.0388. The fourth-order valence-corrected chi connectivity index (χ4v) is 2.07. The lowest BCUT2D eigenvalue weighted by Gasteiger charge is -2.37. The molecular formula is C10H17IN2O3. The molecule has 0 saturated carbocycles. The number of carbonyl (C=O) groups is 2. The fourth-order valence-electron chi connectivity index (χ4n) is 1.40. The van der Waals surface area contributed by atoms with Gasteiger partial charge < -0.3 is 15.4 Å². The summed E-state index contributed by atoms with van der Waals surface area (Å²) in [6.45, 7) is 5.36. The van der Waals surface area contributed by atoms with Gasteiger partial charge in [-0.3, -0.25) is 4.79 Å². The number of carbonyl (C=O) groups excluding carboxylic acids is 2. The van der Waals surface area contributed by atoms with Gasteiger partial charge in [-0.25, -0.2) is 4.79 Å². The molecule has 0 spiro atoms. The highest BCUT2D eigenvalue weighted by Crippen LogP contribution is 2.13. The van der Waals surface area contributed by atoms with Crippen molar-refractivity contribution in [2.75, 3.05) is 4.43 Å². The fraction of sp³-hybridized carbons (Fsp3) is 0.800. The van der Waals surface area contributed by atoms with Crippen LogP contribution in [-0.4, -0.2) is 34.1 Å². The van der Waals surface area contributed by atoms with Gasteiger partial charge in [-0.2, -0.15) is 0 Å². The smallest absolute Gasteiger partial charge is 0.408 e. The van der Waals surface area contributed by atoms with Crippen LogP contribution in [-0.2, 0) is 9.53 Å². The topological polar surface area (TPSA) is 67.4 Å². The van der Waals surface area contributed by atoms with Crippen molar-refractivity contribution >= 4 is 34.6 Å². The largest absolute Gasteiger partial charge is 0.444 e. The van der Waals surface area contributed by atoms with Gasteiger partial charge in [0.2, 0.25) is 5.91 Å². The molecule has 0 aliphatic carbocycles. The molecule has 0 aromatic heterocycles. The molecule has 1 heterocycles. The molecule has 0 bridgehead atoms. The Labute approximate surface area is 109 Å². The first-order valence-electron chi connectivity index (χ1n) is 5.19. The van der Waals surface area contributed by atoms with Crippen molar-refractivity contribution in [2.24, 2.45) is 0 Å². The standard InChI is InChI=1S/C10H17IN2O3/c1-10(2,3)16-9(15)13-7-6(4-5-11)12-8(7)14/h6-7H,4-5H2,1-3H3,(H,12,14)(H,13,15)/t6?,7-/m0/s1. The average Bonchev–Trinajstić information content (AvgIpc) is 2.11. The number of rotatable bonds is 3. The molecule has 1 aliphatic heterocycles. The number of alkyl carbamates (subject to hydrolysis) is 1. The van der Waals surface area contributed by atoms with E-state index in [1.54, 1.807) is 20.8 Å². The molecule has 0 aromatic rings. The first-order chi connectivity index (χ1) is 7.33. The van der Waals surface area contributed by atoms with Crippen molar-refractivity contribution in [2.45, 2.75) is 44.9 Å². The summed E-state index contributed by atoms with van der Waals surface area (Å²) < 4.78 is 6.03. The Morgan fingerprint density at radius 3 is 2.62 bits per heavy atom. The van der Waals surface area contributed by atoms with E-state index in [1.807, 2.05) is 0 Å². The summed E-state index contributed by atoms with van der Waals surface area (Å²) in [7, 11) is 0. The lowest BCUT2D eigenvalue weighted by molar-refractivity contribution is -0.131. The van der Waals surface area contributed by atoms with E-state index in [0.29, 0.717) is 0 Å². The van der Waals surface area contributed by atoms with Crippen LogP contribution in [0.3, 0.4) is 0 Å². The zero-order valence-corrected chi connectivity index (χ0v) is 11.8. The molecule has 1 saturated heterocycles. The van der Waals surface area contributed by atoms with Crippen molar-refractivity contribution in [3.8, 4) is 0 Å². The second-order valence-electron chi connectivity index (χ2n) is 4.72. The maximum Gasteiger partial charge on any atom is 0.408 e. The lowest BCUT2D eigenvalue weighted by Crippen LogP contribution is -2.69. The summed E-state index contributed by atoms with van der Waals surface area (Å²) in [5, 5.41) is 5.33. The van der Waals surface area contributed by atoms with Gasteiger partial charge in [0.1, 0.15) is 11.6 Å². The molecule has 16 heavy (non-hydrogen) atoms. The van der Waals surface area contributed by atoms with Crippen LogP contribution in [0, 0.1) is 0 Å². The Hall–Kier alpha value is -0.530. The van der Waals surface area contributed by atoms with Crippen molar-refractivity contribution in [3.63, 3.8) is 0 Å². The van der Waals surface area contributed by atoms with Gasteiger partial charge in [-0.15, -0.1) is 0 Å². The minimum atomic E-state index is -0.539. The SMILES string of the molecule is CC(C)(C)OC(=O)N[C@@H]1C(=O)NC1CCI. The summed E-state index contributed by atoms with van der Waals surface area (Å²) >= 11 is 2.24. The minimum Gasteiger partial charge on any atom is -0.444 e. The summed E-state index contributed by atoms with van der Waals surface area (Å²) in [6.07, 6.45) is 0.318. The van der Waals surface area contributed by atoms with E-state index >= 15 is 0 Å². The van der Waals surface area contributed by atoms with E-state index in [0.717, 1.165) is 10.8 Å². The highest BCUT2D eigenvalue weighted by atomic mass is 127. The van der Waals surface area contributed by atoms with Gasteiger partial charge in [0.15, 0.2) is 0 Å². The van der Waals surface area contributed by atoms with Crippen LogP contribution in [0.25, 0.3) is 0 Å². The molecule has 1 fully saturated rings. The predicted octanol–water partition coefficient (Wildman–Crippen LogP) is 1.20. The third-order valence-electron chi connectivity index (χ3n) is 2.10. The Morgan fingerprint density at radius 2 is 2.19 bits per heavy atom. The number of ether oxygens (including phenoxy) is 1. The highest BCUT2D eigenvalue weighted by Gasteiger charge is 2.40. The highest BCUT2D eigenvalue weighted by molar-refractivity contribution is 14.1. The molecule has 1 rings (SSSR count). The summed E-state index contributed by atoms with van der Waals surface area (Å²) in [6, 6.07) is -0.401. The third kappa shape index (κ3) is 3.80. The van der Waals surface area contributed by atoms with E-state index in [1.165, 1.54) is 0 Å². The number of nitrogens with one attached hydrogen (secondary N) is 2. The molecule has 6 heteroatoms. The molecule has 92 valence electrons. The van der Waals surface area contributed by atoms with Crippen LogP contribution >= 0.6 is 22.6 Å². The van der Waals surface area contributed by atoms with E-state index in [-0.39, 0.29) is 11.9 Å². The second kappa shape index (κ2) is 5.20. The number of hydrogen-bond acceptors (Lipinski definition) is 3. The molecule has 2 N–H and O–H groups in total. The van der Waals surface area contributed by atoms with Gasteiger partial charge in [0.05, 0.1) is 6.04 Å². The zero-order valence-electron chi connectivity index (χ0n) is 9.67. The summed E-state index contributed by atoms with van der Waals surface area (Å²) in [5.74, 6) is -0.138. The Kier molecular flexibility index (Phi) is 4.40. The molecule has 2 amide bonds. The Balaban J connectivity index is 2.41. The molecule has 2 atom stereocenters. The Bertz CT molecular complexity index is 288. The van der Waals surface area contributed by atoms with Crippen molar-refractivity contribution in [1.82, 2.24) is 10.6 Å². The predicted molar refractivity (Wildman–Crippen MR) is 68.6 cm³/mol. The number of β-lactam (4-membered cyclic amide) rings is 1. The maximum absolute atomic E-state index is 11.4. The molecule has 1 aliphatic rings. The van der Waals surface area contributed by atoms with Crippen molar-refractivity contribution in [1.29, 1.82) is 0 Å². The van der Waals surface area contributed by atoms with E-state index < -0.39 is 17.7 Å². The van der Waals surface area contributed by atoms with E-state index in [9.17, 15) is 9.59 Å². The molecule has 1 unspecified atom stereocenters. The molecule has 0 radical (unpaired) electrons. The van der Waals surface area contributed by atoms with Gasteiger partial charge in [-0.1, -0.05) is 22.6 Å². The second-order valence-corrected chi connectivity index (χ2v) is 5.80. The first-order valence-corrected chi connectivity index (χ1v) is 6.72. The number of halogens is 1.